The quantitative estimate of drug-likeness (QED) is 0.723. The summed E-state index contributed by atoms with van der Waals surface area (Å²) < 4.78 is 26.6. The van der Waals surface area contributed by atoms with Gasteiger partial charge < -0.3 is 11.1 Å². The highest BCUT2D eigenvalue weighted by molar-refractivity contribution is 9.10. The minimum Gasteiger partial charge on any atom is -0.397 e. The average molecular weight is 370 g/mol. The van der Waals surface area contributed by atoms with Gasteiger partial charge in [-0.3, -0.25) is 0 Å². The third-order valence-electron chi connectivity index (χ3n) is 2.99. The molecule has 7 heteroatoms. The first-order chi connectivity index (χ1) is 9.83. The van der Waals surface area contributed by atoms with E-state index in [0.717, 1.165) is 15.7 Å². The molecule has 0 fully saturated rings. The van der Waals surface area contributed by atoms with Crippen molar-refractivity contribution < 1.29 is 8.42 Å². The molecule has 4 N–H and O–H groups in total. The van der Waals surface area contributed by atoms with E-state index in [1.165, 1.54) is 19.2 Å². The first-order valence-corrected chi connectivity index (χ1v) is 8.47. The fourth-order valence-corrected chi connectivity index (χ4v) is 2.93. The van der Waals surface area contributed by atoms with Gasteiger partial charge in [-0.15, -0.1) is 0 Å². The van der Waals surface area contributed by atoms with Crippen molar-refractivity contribution in [3.05, 3.63) is 46.4 Å². The lowest BCUT2D eigenvalue weighted by Crippen LogP contribution is -2.18. The summed E-state index contributed by atoms with van der Waals surface area (Å²) in [7, 11) is -2.13. The van der Waals surface area contributed by atoms with Gasteiger partial charge in [0.15, 0.2) is 0 Å². The summed E-state index contributed by atoms with van der Waals surface area (Å²) in [6.45, 7) is 1.99. The molecule has 112 valence electrons. The van der Waals surface area contributed by atoms with Crippen LogP contribution in [0.5, 0.6) is 0 Å². The molecule has 0 aliphatic carbocycles. The Hall–Kier alpha value is -1.57. The third kappa shape index (κ3) is 3.55. The van der Waals surface area contributed by atoms with Crippen LogP contribution < -0.4 is 15.8 Å². The lowest BCUT2D eigenvalue weighted by molar-refractivity contribution is 0.588. The van der Waals surface area contributed by atoms with Crippen LogP contribution in [0.3, 0.4) is 0 Å². The predicted octanol–water partition coefficient (Wildman–Crippen LogP) is 2.99. The highest BCUT2D eigenvalue weighted by Gasteiger charge is 2.13. The first kappa shape index (κ1) is 15.8. The number of hydrogen-bond donors (Lipinski definition) is 3. The number of nitrogens with two attached hydrogens (primary N) is 1. The summed E-state index contributed by atoms with van der Waals surface area (Å²) in [5, 5.41) is 3.19. The van der Waals surface area contributed by atoms with Crippen LogP contribution in [0.1, 0.15) is 5.56 Å². The van der Waals surface area contributed by atoms with Crippen LogP contribution in [-0.2, 0) is 10.0 Å². The van der Waals surface area contributed by atoms with Crippen molar-refractivity contribution in [1.29, 1.82) is 0 Å². The number of halogens is 1. The molecule has 21 heavy (non-hydrogen) atoms. The molecule has 0 aliphatic heterocycles. The van der Waals surface area contributed by atoms with E-state index in [1.807, 2.05) is 25.1 Å². The van der Waals surface area contributed by atoms with Gasteiger partial charge in [0, 0.05) is 4.47 Å². The van der Waals surface area contributed by atoms with Crippen molar-refractivity contribution in [2.45, 2.75) is 11.8 Å². The summed E-state index contributed by atoms with van der Waals surface area (Å²) in [6.07, 6.45) is 0. The standard InChI is InChI=1S/C14H16BrN3O2S/c1-9-3-5-11(15)14(7-9)18-13-6-4-10(8-12(13)16)21(19,20)17-2/h3-8,17-18H,16H2,1-2H3. The van der Waals surface area contributed by atoms with Crippen molar-refractivity contribution in [3.8, 4) is 0 Å². The zero-order chi connectivity index (χ0) is 15.6. The maximum Gasteiger partial charge on any atom is 0.240 e. The molecule has 0 radical (unpaired) electrons. The summed E-state index contributed by atoms with van der Waals surface area (Å²) in [5.41, 5.74) is 8.92. The van der Waals surface area contributed by atoms with E-state index in [0.29, 0.717) is 11.4 Å². The fourth-order valence-electron chi connectivity index (χ4n) is 1.82. The molecule has 2 aromatic carbocycles. The van der Waals surface area contributed by atoms with Gasteiger partial charge in [0.1, 0.15) is 0 Å². The van der Waals surface area contributed by atoms with E-state index in [9.17, 15) is 8.42 Å². The number of nitrogen functional groups attached to an aromatic ring is 1. The largest absolute Gasteiger partial charge is 0.397 e. The lowest BCUT2D eigenvalue weighted by atomic mass is 10.2. The zero-order valence-electron chi connectivity index (χ0n) is 11.6. The highest BCUT2D eigenvalue weighted by Crippen LogP contribution is 2.30. The number of hydrogen-bond acceptors (Lipinski definition) is 4. The Morgan fingerprint density at radius 2 is 1.81 bits per heavy atom. The van der Waals surface area contributed by atoms with Crippen LogP contribution in [0.15, 0.2) is 45.8 Å². The summed E-state index contributed by atoms with van der Waals surface area (Å²) in [4.78, 5) is 0.136. The average Bonchev–Trinajstić information content (AvgIpc) is 2.44. The van der Waals surface area contributed by atoms with Crippen LogP contribution in [0.4, 0.5) is 17.1 Å². The third-order valence-corrected chi connectivity index (χ3v) is 5.10. The minimum absolute atomic E-state index is 0.136. The maximum atomic E-state index is 11.7. The van der Waals surface area contributed by atoms with Gasteiger partial charge >= 0.3 is 0 Å². The fraction of sp³-hybridized carbons (Fsp3) is 0.143. The van der Waals surface area contributed by atoms with E-state index in [4.69, 9.17) is 5.73 Å². The Kier molecular flexibility index (Phi) is 4.55. The molecule has 0 bridgehead atoms. The van der Waals surface area contributed by atoms with E-state index in [2.05, 4.69) is 26.0 Å². The molecular formula is C14H16BrN3O2S. The SMILES string of the molecule is CNS(=O)(=O)c1ccc(Nc2cc(C)ccc2Br)c(N)c1. The topological polar surface area (TPSA) is 84.2 Å². The van der Waals surface area contributed by atoms with Crippen molar-refractivity contribution in [1.82, 2.24) is 4.72 Å². The second-order valence-electron chi connectivity index (χ2n) is 4.56. The molecule has 5 nitrogen and oxygen atoms in total. The monoisotopic (exact) mass is 369 g/mol. The normalized spacial score (nSPS) is 11.4. The second-order valence-corrected chi connectivity index (χ2v) is 7.31. The predicted molar refractivity (Wildman–Crippen MR) is 89.3 cm³/mol. The molecule has 0 atom stereocenters. The zero-order valence-corrected chi connectivity index (χ0v) is 14.0. The summed E-state index contributed by atoms with van der Waals surface area (Å²) in [6, 6.07) is 10.5. The maximum absolute atomic E-state index is 11.7. The number of anilines is 3. The van der Waals surface area contributed by atoms with Crippen LogP contribution in [0.25, 0.3) is 0 Å². The number of aryl methyl sites for hydroxylation is 1. The van der Waals surface area contributed by atoms with Gasteiger partial charge in [0.2, 0.25) is 10.0 Å². The van der Waals surface area contributed by atoms with Crippen molar-refractivity contribution >= 4 is 43.0 Å². The Balaban J connectivity index is 2.36. The molecule has 2 aromatic rings. The molecule has 2 rings (SSSR count). The van der Waals surface area contributed by atoms with Gasteiger partial charge in [-0.1, -0.05) is 6.07 Å². The highest BCUT2D eigenvalue weighted by atomic mass is 79.9. The minimum atomic E-state index is -3.49. The van der Waals surface area contributed by atoms with E-state index >= 15 is 0 Å². The second kappa shape index (κ2) is 6.05. The Morgan fingerprint density at radius 1 is 1.10 bits per heavy atom. The molecule has 0 unspecified atom stereocenters. The molecule has 0 saturated carbocycles. The van der Waals surface area contributed by atoms with Gasteiger partial charge in [0.25, 0.3) is 0 Å². The van der Waals surface area contributed by atoms with E-state index in [-0.39, 0.29) is 4.90 Å². The van der Waals surface area contributed by atoms with E-state index < -0.39 is 10.0 Å². The summed E-state index contributed by atoms with van der Waals surface area (Å²) >= 11 is 3.46. The van der Waals surface area contributed by atoms with Crippen LogP contribution >= 0.6 is 15.9 Å². The van der Waals surface area contributed by atoms with Crippen LogP contribution in [0.2, 0.25) is 0 Å². The van der Waals surface area contributed by atoms with Gasteiger partial charge in [0.05, 0.1) is 22.0 Å². The molecule has 0 amide bonds. The van der Waals surface area contributed by atoms with Crippen LogP contribution in [0, 0.1) is 6.92 Å². The smallest absolute Gasteiger partial charge is 0.240 e. The Labute approximate surface area is 132 Å². The molecule has 0 saturated heterocycles. The molecule has 0 aromatic heterocycles. The van der Waals surface area contributed by atoms with Crippen LogP contribution in [-0.4, -0.2) is 15.5 Å². The van der Waals surface area contributed by atoms with Gasteiger partial charge in [-0.25, -0.2) is 13.1 Å². The number of sulfonamides is 1. The molecule has 0 spiro atoms. The molecular weight excluding hydrogens is 354 g/mol. The van der Waals surface area contributed by atoms with Gasteiger partial charge in [-0.05, 0) is 65.8 Å². The first-order valence-electron chi connectivity index (χ1n) is 6.20. The van der Waals surface area contributed by atoms with E-state index in [1.54, 1.807) is 6.07 Å². The number of rotatable bonds is 4. The summed E-state index contributed by atoms with van der Waals surface area (Å²) in [5.74, 6) is 0. The van der Waals surface area contributed by atoms with Crippen molar-refractivity contribution in [3.63, 3.8) is 0 Å². The van der Waals surface area contributed by atoms with Gasteiger partial charge in [-0.2, -0.15) is 0 Å². The Morgan fingerprint density at radius 3 is 2.43 bits per heavy atom. The molecule has 0 aliphatic rings. The number of nitrogens with one attached hydrogen (secondary N) is 2. The Bertz CT molecular complexity index is 776. The van der Waals surface area contributed by atoms with Crippen molar-refractivity contribution in [2.75, 3.05) is 18.1 Å². The molecule has 0 heterocycles. The van der Waals surface area contributed by atoms with Crippen molar-refractivity contribution in [2.24, 2.45) is 0 Å². The lowest BCUT2D eigenvalue weighted by Gasteiger charge is -2.13. The number of benzene rings is 2.